The van der Waals surface area contributed by atoms with Gasteiger partial charge in [-0.1, -0.05) is 0 Å². The van der Waals surface area contributed by atoms with Gasteiger partial charge in [-0.3, -0.25) is 14.5 Å². The molecule has 1 aromatic carbocycles. The Hall–Kier alpha value is -2.10. The number of amides is 2. The van der Waals surface area contributed by atoms with Crippen molar-refractivity contribution >= 4 is 38.9 Å². The van der Waals surface area contributed by atoms with E-state index in [4.69, 9.17) is 0 Å². The SMILES string of the molecule is O=C1CCC(=O)N1c1ccc(S(=O)(=O)NCCc2cscn2)cc1. The maximum absolute atomic E-state index is 12.2. The lowest BCUT2D eigenvalue weighted by Gasteiger charge is -2.14. The van der Waals surface area contributed by atoms with Crippen LogP contribution in [0.15, 0.2) is 40.1 Å². The average molecular weight is 365 g/mol. The van der Waals surface area contributed by atoms with Gasteiger partial charge in [0, 0.05) is 31.2 Å². The molecule has 9 heteroatoms. The van der Waals surface area contributed by atoms with E-state index in [-0.39, 0.29) is 36.1 Å². The predicted octanol–water partition coefficient (Wildman–Crippen LogP) is 1.32. The van der Waals surface area contributed by atoms with Crippen molar-refractivity contribution in [3.63, 3.8) is 0 Å². The second-order valence-corrected chi connectivity index (χ2v) is 7.73. The fraction of sp³-hybridized carbons (Fsp3) is 0.267. The quantitative estimate of drug-likeness (QED) is 0.779. The molecule has 3 rings (SSSR count). The topological polar surface area (TPSA) is 96.4 Å². The molecule has 2 heterocycles. The maximum Gasteiger partial charge on any atom is 0.240 e. The lowest BCUT2D eigenvalue weighted by atomic mass is 10.3. The van der Waals surface area contributed by atoms with Crippen LogP contribution in [0.2, 0.25) is 0 Å². The van der Waals surface area contributed by atoms with Crippen molar-refractivity contribution in [1.82, 2.24) is 9.71 Å². The molecular formula is C15H15N3O4S2. The Morgan fingerprint density at radius 3 is 2.38 bits per heavy atom. The number of anilines is 1. The minimum absolute atomic E-state index is 0.0867. The zero-order valence-electron chi connectivity index (χ0n) is 12.6. The number of rotatable bonds is 6. The van der Waals surface area contributed by atoms with Gasteiger partial charge in [-0.25, -0.2) is 18.1 Å². The van der Waals surface area contributed by atoms with Gasteiger partial charge in [-0.2, -0.15) is 0 Å². The van der Waals surface area contributed by atoms with Crippen LogP contribution in [0.4, 0.5) is 5.69 Å². The van der Waals surface area contributed by atoms with Gasteiger partial charge in [0.15, 0.2) is 0 Å². The highest BCUT2D eigenvalue weighted by molar-refractivity contribution is 7.89. The molecular weight excluding hydrogens is 350 g/mol. The number of thiazole rings is 1. The van der Waals surface area contributed by atoms with Gasteiger partial charge in [-0.15, -0.1) is 11.3 Å². The monoisotopic (exact) mass is 365 g/mol. The van der Waals surface area contributed by atoms with E-state index in [2.05, 4.69) is 9.71 Å². The zero-order chi connectivity index (χ0) is 17.2. The molecule has 1 N–H and O–H groups in total. The number of sulfonamides is 1. The van der Waals surface area contributed by atoms with Crippen molar-refractivity contribution in [3.8, 4) is 0 Å². The number of imide groups is 1. The molecule has 1 saturated heterocycles. The van der Waals surface area contributed by atoms with Gasteiger partial charge in [-0.05, 0) is 24.3 Å². The van der Waals surface area contributed by atoms with Crippen LogP contribution in [0.25, 0.3) is 0 Å². The predicted molar refractivity (Wildman–Crippen MR) is 89.2 cm³/mol. The molecule has 2 aromatic rings. The van der Waals surface area contributed by atoms with Crippen LogP contribution in [0, 0.1) is 0 Å². The molecule has 0 saturated carbocycles. The normalized spacial score (nSPS) is 15.2. The molecule has 1 aliphatic heterocycles. The molecule has 1 aromatic heterocycles. The number of hydrogen-bond acceptors (Lipinski definition) is 6. The summed E-state index contributed by atoms with van der Waals surface area (Å²) in [6.45, 7) is 0.247. The van der Waals surface area contributed by atoms with E-state index in [0.717, 1.165) is 10.6 Å². The molecule has 1 aliphatic rings. The number of hydrogen-bond donors (Lipinski definition) is 1. The first-order chi connectivity index (χ1) is 11.5. The first-order valence-electron chi connectivity index (χ1n) is 7.30. The van der Waals surface area contributed by atoms with Gasteiger partial charge < -0.3 is 0 Å². The lowest BCUT2D eigenvalue weighted by molar-refractivity contribution is -0.121. The summed E-state index contributed by atoms with van der Waals surface area (Å²) >= 11 is 1.46. The maximum atomic E-state index is 12.2. The van der Waals surface area contributed by atoms with Crippen molar-refractivity contribution < 1.29 is 18.0 Å². The van der Waals surface area contributed by atoms with Crippen LogP contribution in [0.5, 0.6) is 0 Å². The largest absolute Gasteiger partial charge is 0.274 e. The van der Waals surface area contributed by atoms with E-state index in [1.165, 1.54) is 35.6 Å². The second kappa shape index (κ2) is 6.80. The van der Waals surface area contributed by atoms with Crippen LogP contribution in [-0.2, 0) is 26.0 Å². The summed E-state index contributed by atoms with van der Waals surface area (Å²) in [6, 6.07) is 5.71. The number of carbonyl (C=O) groups excluding carboxylic acids is 2. The molecule has 0 aliphatic carbocycles. The van der Waals surface area contributed by atoms with Gasteiger partial charge in [0.25, 0.3) is 0 Å². The van der Waals surface area contributed by atoms with Gasteiger partial charge in [0.1, 0.15) is 0 Å². The summed E-state index contributed by atoms with van der Waals surface area (Å²) in [5.74, 6) is -0.533. The van der Waals surface area contributed by atoms with Crippen molar-refractivity contribution in [3.05, 3.63) is 40.8 Å². The number of carbonyl (C=O) groups is 2. The van der Waals surface area contributed by atoms with Crippen LogP contribution < -0.4 is 9.62 Å². The van der Waals surface area contributed by atoms with Crippen molar-refractivity contribution in [2.75, 3.05) is 11.4 Å². The summed E-state index contributed by atoms with van der Waals surface area (Å²) in [6.07, 6.45) is 0.895. The molecule has 2 amide bonds. The molecule has 126 valence electrons. The number of benzene rings is 1. The van der Waals surface area contributed by atoms with Crippen LogP contribution in [-0.4, -0.2) is 31.8 Å². The van der Waals surface area contributed by atoms with E-state index in [1.54, 1.807) is 5.51 Å². The van der Waals surface area contributed by atoms with E-state index in [9.17, 15) is 18.0 Å². The molecule has 0 radical (unpaired) electrons. The van der Waals surface area contributed by atoms with E-state index in [0.29, 0.717) is 12.1 Å². The third kappa shape index (κ3) is 3.53. The summed E-state index contributed by atoms with van der Waals surface area (Å²) in [7, 11) is -3.64. The number of nitrogens with one attached hydrogen (secondary N) is 1. The zero-order valence-corrected chi connectivity index (χ0v) is 14.3. The summed E-state index contributed by atoms with van der Waals surface area (Å²) in [5, 5.41) is 1.87. The van der Waals surface area contributed by atoms with Crippen LogP contribution in [0.1, 0.15) is 18.5 Å². The molecule has 1 fully saturated rings. The standard InChI is InChI=1S/C15H15N3O4S2/c19-14-5-6-15(20)18(14)12-1-3-13(4-2-12)24(21,22)17-8-7-11-9-23-10-16-11/h1-4,9-10,17H,5-8H2. The van der Waals surface area contributed by atoms with E-state index < -0.39 is 10.0 Å². The van der Waals surface area contributed by atoms with Crippen LogP contribution >= 0.6 is 11.3 Å². The van der Waals surface area contributed by atoms with E-state index in [1.807, 2.05) is 5.38 Å². The average Bonchev–Trinajstić information content (AvgIpc) is 3.18. The Balaban J connectivity index is 1.67. The number of nitrogens with zero attached hydrogens (tertiary/aromatic N) is 2. The first-order valence-corrected chi connectivity index (χ1v) is 9.72. The fourth-order valence-electron chi connectivity index (χ4n) is 2.40. The Kier molecular flexibility index (Phi) is 4.74. The lowest BCUT2D eigenvalue weighted by Crippen LogP contribution is -2.29. The third-order valence-electron chi connectivity index (χ3n) is 3.61. The van der Waals surface area contributed by atoms with Crippen molar-refractivity contribution in [1.29, 1.82) is 0 Å². The Morgan fingerprint density at radius 2 is 1.79 bits per heavy atom. The second-order valence-electron chi connectivity index (χ2n) is 5.24. The van der Waals surface area contributed by atoms with E-state index >= 15 is 0 Å². The molecule has 0 bridgehead atoms. The highest BCUT2D eigenvalue weighted by Crippen LogP contribution is 2.23. The molecule has 0 unspecified atom stereocenters. The third-order valence-corrected chi connectivity index (χ3v) is 5.73. The van der Waals surface area contributed by atoms with Crippen LogP contribution in [0.3, 0.4) is 0 Å². The summed E-state index contributed by atoms with van der Waals surface area (Å²) in [5.41, 5.74) is 2.93. The van der Waals surface area contributed by atoms with Crippen molar-refractivity contribution in [2.45, 2.75) is 24.2 Å². The Labute approximate surface area is 143 Å². The minimum Gasteiger partial charge on any atom is -0.274 e. The van der Waals surface area contributed by atoms with Crippen molar-refractivity contribution in [2.24, 2.45) is 0 Å². The molecule has 0 spiro atoms. The summed E-state index contributed by atoms with van der Waals surface area (Å²) < 4.78 is 27.0. The van der Waals surface area contributed by atoms with Gasteiger partial charge in [0.05, 0.1) is 21.8 Å². The highest BCUT2D eigenvalue weighted by Gasteiger charge is 2.30. The van der Waals surface area contributed by atoms with Gasteiger partial charge >= 0.3 is 0 Å². The van der Waals surface area contributed by atoms with Gasteiger partial charge in [0.2, 0.25) is 21.8 Å². The summed E-state index contributed by atoms with van der Waals surface area (Å²) in [4.78, 5) is 28.6. The molecule has 7 nitrogen and oxygen atoms in total. The smallest absolute Gasteiger partial charge is 0.240 e. The Morgan fingerprint density at radius 1 is 1.12 bits per heavy atom. The highest BCUT2D eigenvalue weighted by atomic mass is 32.2. The minimum atomic E-state index is -3.64. The first kappa shape index (κ1) is 16.7. The molecule has 24 heavy (non-hydrogen) atoms. The Bertz CT molecular complexity index is 829. The fourth-order valence-corrected chi connectivity index (χ4v) is 4.02. The molecule has 0 atom stereocenters. The number of aromatic nitrogens is 1.